The van der Waals surface area contributed by atoms with Crippen molar-refractivity contribution in [2.24, 2.45) is 5.92 Å². The average molecular weight is 444 g/mol. The summed E-state index contributed by atoms with van der Waals surface area (Å²) in [6.07, 6.45) is 0.883. The summed E-state index contributed by atoms with van der Waals surface area (Å²) >= 11 is 5.10. The van der Waals surface area contributed by atoms with Gasteiger partial charge in [-0.2, -0.15) is 0 Å². The second-order valence-corrected chi connectivity index (χ2v) is 7.99. The van der Waals surface area contributed by atoms with Crippen molar-refractivity contribution in [3.8, 4) is 11.5 Å². The van der Waals surface area contributed by atoms with Gasteiger partial charge in [-0.1, -0.05) is 26.0 Å². The van der Waals surface area contributed by atoms with Crippen molar-refractivity contribution in [3.63, 3.8) is 0 Å². The van der Waals surface area contributed by atoms with E-state index in [4.69, 9.17) is 21.7 Å². The predicted octanol–water partition coefficient (Wildman–Crippen LogP) is 3.85. The van der Waals surface area contributed by atoms with Gasteiger partial charge in [-0.3, -0.25) is 25.8 Å². The smallest absolute Gasteiger partial charge is 0.269 e. The van der Waals surface area contributed by atoms with Gasteiger partial charge in [-0.05, 0) is 74.8 Å². The lowest BCUT2D eigenvalue weighted by molar-refractivity contribution is 0.0933. The zero-order valence-electron chi connectivity index (χ0n) is 18.2. The van der Waals surface area contributed by atoms with Crippen molar-refractivity contribution in [1.29, 1.82) is 0 Å². The Morgan fingerprint density at radius 2 is 1.61 bits per heavy atom. The van der Waals surface area contributed by atoms with Gasteiger partial charge in [0, 0.05) is 5.56 Å². The molecule has 2 aromatic rings. The van der Waals surface area contributed by atoms with E-state index in [-0.39, 0.29) is 11.2 Å². The van der Waals surface area contributed by atoms with Gasteiger partial charge >= 0.3 is 0 Å². The zero-order valence-corrected chi connectivity index (χ0v) is 19.0. The fourth-order valence-corrected chi connectivity index (χ4v) is 2.66. The molecular formula is C23H29N3O4S. The first-order chi connectivity index (χ1) is 14.8. The van der Waals surface area contributed by atoms with Crippen molar-refractivity contribution in [1.82, 2.24) is 16.2 Å². The standard InChI is InChI=1S/C23H29N3O4S/c1-15(2)13-14-29-18-11-9-17(10-12-18)21(27)25-26-23(31)24-22(28)19-7-5-6-8-20(19)30-16(3)4/h5-12,15-16H,13-14H2,1-4H3,(H,25,27)(H2,24,26,28,31). The second-order valence-electron chi connectivity index (χ2n) is 7.58. The van der Waals surface area contributed by atoms with E-state index in [1.165, 1.54) is 0 Å². The largest absolute Gasteiger partial charge is 0.494 e. The van der Waals surface area contributed by atoms with Crippen molar-refractivity contribution in [2.75, 3.05) is 6.61 Å². The first-order valence-electron chi connectivity index (χ1n) is 10.2. The molecule has 0 aromatic heterocycles. The Hall–Kier alpha value is -3.13. The number of ether oxygens (including phenoxy) is 2. The molecule has 0 fully saturated rings. The molecular weight excluding hydrogens is 414 g/mol. The minimum absolute atomic E-state index is 0.0358. The Balaban J connectivity index is 1.84. The minimum atomic E-state index is -0.439. The summed E-state index contributed by atoms with van der Waals surface area (Å²) in [6.45, 7) is 8.65. The number of carbonyl (C=O) groups is 2. The maximum Gasteiger partial charge on any atom is 0.269 e. The number of carbonyl (C=O) groups excluding carboxylic acids is 2. The summed E-state index contributed by atoms with van der Waals surface area (Å²) in [7, 11) is 0. The zero-order chi connectivity index (χ0) is 22.8. The molecule has 0 saturated heterocycles. The Kier molecular flexibility index (Phi) is 9.27. The number of hydrogen-bond donors (Lipinski definition) is 3. The summed E-state index contributed by atoms with van der Waals surface area (Å²) in [6, 6.07) is 13.7. The number of hydrazine groups is 1. The lowest BCUT2D eigenvalue weighted by Gasteiger charge is -2.15. The van der Waals surface area contributed by atoms with Crippen molar-refractivity contribution in [2.45, 2.75) is 40.2 Å². The summed E-state index contributed by atoms with van der Waals surface area (Å²) in [5, 5.41) is 2.49. The molecule has 0 aliphatic carbocycles. The molecule has 0 unspecified atom stereocenters. The molecule has 2 amide bonds. The van der Waals surface area contributed by atoms with Crippen molar-refractivity contribution in [3.05, 3.63) is 59.7 Å². The van der Waals surface area contributed by atoms with Gasteiger partial charge < -0.3 is 9.47 Å². The molecule has 0 aliphatic heterocycles. The van der Waals surface area contributed by atoms with Crippen LogP contribution in [0.1, 0.15) is 54.8 Å². The van der Waals surface area contributed by atoms with Gasteiger partial charge in [-0.15, -0.1) is 0 Å². The maximum atomic E-state index is 12.5. The van der Waals surface area contributed by atoms with Crippen molar-refractivity contribution < 1.29 is 19.1 Å². The minimum Gasteiger partial charge on any atom is -0.494 e. The maximum absolute atomic E-state index is 12.5. The van der Waals surface area contributed by atoms with Gasteiger partial charge in [0.15, 0.2) is 5.11 Å². The van der Waals surface area contributed by atoms with Crippen LogP contribution in [0.4, 0.5) is 0 Å². The molecule has 0 aliphatic rings. The van der Waals surface area contributed by atoms with Gasteiger partial charge in [0.2, 0.25) is 0 Å². The highest BCUT2D eigenvalue weighted by Crippen LogP contribution is 2.19. The fourth-order valence-electron chi connectivity index (χ4n) is 2.51. The van der Waals surface area contributed by atoms with Crippen LogP contribution < -0.4 is 25.6 Å². The van der Waals surface area contributed by atoms with Gasteiger partial charge in [0.1, 0.15) is 11.5 Å². The molecule has 0 saturated carbocycles. The fraction of sp³-hybridized carbons (Fsp3) is 0.348. The third-order valence-electron chi connectivity index (χ3n) is 4.09. The molecule has 7 nitrogen and oxygen atoms in total. The molecule has 2 rings (SSSR count). The molecule has 0 bridgehead atoms. The monoisotopic (exact) mass is 443 g/mol. The Morgan fingerprint density at radius 3 is 2.26 bits per heavy atom. The molecule has 0 radical (unpaired) electrons. The Bertz CT molecular complexity index is 898. The SMILES string of the molecule is CC(C)CCOc1ccc(C(=O)NNC(=S)NC(=O)c2ccccc2OC(C)C)cc1. The number of hydrogen-bond acceptors (Lipinski definition) is 5. The van der Waals surface area contributed by atoms with Crippen LogP contribution in [0.3, 0.4) is 0 Å². The molecule has 0 heterocycles. The molecule has 0 spiro atoms. The molecule has 0 atom stereocenters. The molecule has 8 heteroatoms. The molecule has 166 valence electrons. The summed E-state index contributed by atoms with van der Waals surface area (Å²) < 4.78 is 11.3. The summed E-state index contributed by atoms with van der Waals surface area (Å²) in [5.41, 5.74) is 5.77. The first kappa shape index (κ1) is 24.1. The third kappa shape index (κ3) is 8.25. The first-order valence-corrected chi connectivity index (χ1v) is 10.6. The van der Waals surface area contributed by atoms with E-state index in [1.807, 2.05) is 13.8 Å². The lowest BCUT2D eigenvalue weighted by Crippen LogP contribution is -2.48. The van der Waals surface area contributed by atoms with E-state index in [1.54, 1.807) is 48.5 Å². The van der Waals surface area contributed by atoms with Crippen LogP contribution >= 0.6 is 12.2 Å². The quantitative estimate of drug-likeness (QED) is 0.424. The van der Waals surface area contributed by atoms with E-state index >= 15 is 0 Å². The van der Waals surface area contributed by atoms with Crippen LogP contribution in [0.25, 0.3) is 0 Å². The van der Waals surface area contributed by atoms with E-state index in [9.17, 15) is 9.59 Å². The molecule has 31 heavy (non-hydrogen) atoms. The predicted molar refractivity (Wildman–Crippen MR) is 124 cm³/mol. The van der Waals surface area contributed by atoms with E-state index in [0.717, 1.165) is 6.42 Å². The van der Waals surface area contributed by atoms with E-state index in [0.29, 0.717) is 35.2 Å². The third-order valence-corrected chi connectivity index (χ3v) is 4.30. The van der Waals surface area contributed by atoms with Crippen LogP contribution in [0.15, 0.2) is 48.5 Å². The highest BCUT2D eigenvalue weighted by atomic mass is 32.1. The molecule has 2 aromatic carbocycles. The van der Waals surface area contributed by atoms with Crippen LogP contribution in [-0.2, 0) is 0 Å². The lowest BCUT2D eigenvalue weighted by atomic mass is 10.1. The van der Waals surface area contributed by atoms with Gasteiger partial charge in [-0.25, -0.2) is 0 Å². The summed E-state index contributed by atoms with van der Waals surface area (Å²) in [5.74, 6) is 0.893. The number of benzene rings is 2. The summed E-state index contributed by atoms with van der Waals surface area (Å²) in [4.78, 5) is 24.8. The number of para-hydroxylation sites is 1. The molecule has 3 N–H and O–H groups in total. The van der Waals surface area contributed by atoms with E-state index < -0.39 is 11.8 Å². The van der Waals surface area contributed by atoms with E-state index in [2.05, 4.69) is 30.0 Å². The Labute approximate surface area is 188 Å². The van der Waals surface area contributed by atoms with Gasteiger partial charge in [0.05, 0.1) is 18.3 Å². The number of amides is 2. The number of rotatable bonds is 8. The Morgan fingerprint density at radius 1 is 0.935 bits per heavy atom. The van der Waals surface area contributed by atoms with Gasteiger partial charge in [0.25, 0.3) is 11.8 Å². The number of thiocarbonyl (C=S) groups is 1. The van der Waals surface area contributed by atoms with Crippen molar-refractivity contribution >= 4 is 29.1 Å². The van der Waals surface area contributed by atoms with Crippen LogP contribution in [-0.4, -0.2) is 29.6 Å². The van der Waals surface area contributed by atoms with Crippen LogP contribution in [0.5, 0.6) is 11.5 Å². The normalized spacial score (nSPS) is 10.5. The topological polar surface area (TPSA) is 88.7 Å². The van der Waals surface area contributed by atoms with Crippen LogP contribution in [0, 0.1) is 5.92 Å². The highest BCUT2D eigenvalue weighted by molar-refractivity contribution is 7.80. The second kappa shape index (κ2) is 11.9. The average Bonchev–Trinajstić information content (AvgIpc) is 2.72. The highest BCUT2D eigenvalue weighted by Gasteiger charge is 2.15. The van der Waals surface area contributed by atoms with Crippen LogP contribution in [0.2, 0.25) is 0 Å². The number of nitrogens with one attached hydrogen (secondary N) is 3.